The fourth-order valence-electron chi connectivity index (χ4n) is 8.68. The number of hydrogen-bond donors (Lipinski definition) is 2. The first kappa shape index (κ1) is 44.0. The van der Waals surface area contributed by atoms with Crippen molar-refractivity contribution in [2.24, 2.45) is 0 Å². The number of halogens is 1. The second-order valence-corrected chi connectivity index (χ2v) is 20.6. The Hall–Kier alpha value is -7.20. The highest BCUT2D eigenvalue weighted by atomic mass is 79.9. The third-order valence-corrected chi connectivity index (χ3v) is 12.9. The zero-order chi connectivity index (χ0) is 46.7. The molecule has 2 aliphatic heterocycles. The molecule has 0 spiro atoms. The summed E-state index contributed by atoms with van der Waals surface area (Å²) in [6.07, 6.45) is 8.27. The van der Waals surface area contributed by atoms with Crippen LogP contribution in [0.4, 0.5) is 0 Å². The summed E-state index contributed by atoms with van der Waals surface area (Å²) in [7, 11) is 0. The number of H-pyrrole nitrogens is 2. The molecule has 9 heteroatoms. The summed E-state index contributed by atoms with van der Waals surface area (Å²) in [6.45, 7) is 20.0. The maximum atomic E-state index is 10.3. The molecular formula is C57H51BrN8. The van der Waals surface area contributed by atoms with Gasteiger partial charge in [0.2, 0.25) is 0 Å². The van der Waals surface area contributed by atoms with Gasteiger partial charge in [-0.15, -0.1) is 0 Å². The van der Waals surface area contributed by atoms with Crippen molar-refractivity contribution in [3.63, 3.8) is 0 Å². The van der Waals surface area contributed by atoms with Gasteiger partial charge in [-0.25, -0.2) is 19.9 Å². The molecule has 9 rings (SSSR count). The van der Waals surface area contributed by atoms with E-state index in [9.17, 15) is 10.5 Å². The Bertz CT molecular complexity index is 3390. The van der Waals surface area contributed by atoms with E-state index in [1.807, 2.05) is 18.2 Å². The van der Waals surface area contributed by atoms with Gasteiger partial charge in [0.15, 0.2) is 11.4 Å². The summed E-state index contributed by atoms with van der Waals surface area (Å²) < 4.78 is 0. The van der Waals surface area contributed by atoms with Crippen molar-refractivity contribution < 1.29 is 0 Å². The summed E-state index contributed by atoms with van der Waals surface area (Å²) in [5.41, 5.74) is 17.2. The minimum atomic E-state index is -0.0837. The van der Waals surface area contributed by atoms with Crippen LogP contribution in [0.25, 0.3) is 91.0 Å². The van der Waals surface area contributed by atoms with Gasteiger partial charge in [-0.2, -0.15) is 10.5 Å². The van der Waals surface area contributed by atoms with E-state index in [1.165, 1.54) is 16.7 Å². The van der Waals surface area contributed by atoms with Gasteiger partial charge in [0.25, 0.3) is 0 Å². The first-order valence-electron chi connectivity index (χ1n) is 22.2. The predicted molar refractivity (Wildman–Crippen MR) is 274 cm³/mol. The number of rotatable bonds is 5. The SMILES string of the molecule is CC(C)(C)c1ccc(-c2c3nc(c(-c4ccc(C(C)(C)C)cc4)c4ccc([nH]4)c(-c4ccc(C(C)(C)C)cc4)c4nc(c5ccc([nH]5)c2-c2nc(C#N)c(C#N)nc2CBr)C=C4)C=C3)cc1. The van der Waals surface area contributed by atoms with Crippen LogP contribution in [-0.4, -0.2) is 29.9 Å². The Morgan fingerprint density at radius 2 is 0.773 bits per heavy atom. The summed E-state index contributed by atoms with van der Waals surface area (Å²) >= 11 is 3.67. The molecule has 6 heterocycles. The number of nitrogens with zero attached hydrogens (tertiary/aromatic N) is 6. The monoisotopic (exact) mass is 926 g/mol. The number of fused-ring (bicyclic) bond motifs is 9. The predicted octanol–water partition coefficient (Wildman–Crippen LogP) is 14.6. The Balaban J connectivity index is 1.48. The molecule has 0 amide bonds. The Kier molecular flexibility index (Phi) is 11.1. The van der Waals surface area contributed by atoms with Crippen molar-refractivity contribution in [3.05, 3.63) is 154 Å². The van der Waals surface area contributed by atoms with Crippen LogP contribution in [0, 0.1) is 22.7 Å². The second kappa shape index (κ2) is 16.7. The van der Waals surface area contributed by atoms with E-state index in [0.29, 0.717) is 22.6 Å². The van der Waals surface area contributed by atoms with E-state index in [1.54, 1.807) is 0 Å². The van der Waals surface area contributed by atoms with E-state index >= 15 is 0 Å². The van der Waals surface area contributed by atoms with E-state index in [4.69, 9.17) is 19.9 Å². The molecule has 8 bridgehead atoms. The lowest BCUT2D eigenvalue weighted by Gasteiger charge is -2.20. The van der Waals surface area contributed by atoms with Crippen molar-refractivity contribution in [2.75, 3.05) is 0 Å². The highest BCUT2D eigenvalue weighted by Gasteiger charge is 2.25. The smallest absolute Gasteiger partial charge is 0.177 e. The van der Waals surface area contributed by atoms with Crippen molar-refractivity contribution in [2.45, 2.75) is 83.9 Å². The molecule has 8 nitrogen and oxygen atoms in total. The average Bonchev–Trinajstić information content (AvgIpc) is 4.14. The maximum absolute atomic E-state index is 10.3. The minimum Gasteiger partial charge on any atom is -0.354 e. The largest absolute Gasteiger partial charge is 0.354 e. The molecule has 7 aromatic rings. The third-order valence-electron chi connectivity index (χ3n) is 12.4. The molecule has 66 heavy (non-hydrogen) atoms. The van der Waals surface area contributed by atoms with Gasteiger partial charge in [0.1, 0.15) is 12.1 Å². The molecule has 2 aliphatic rings. The fraction of sp³-hybridized carbons (Fsp3) is 0.228. The zero-order valence-electron chi connectivity index (χ0n) is 38.8. The van der Waals surface area contributed by atoms with E-state index in [2.05, 4.69) is 204 Å². The fourth-order valence-corrected chi connectivity index (χ4v) is 9.07. The quantitative estimate of drug-likeness (QED) is 0.165. The number of nitrogens with one attached hydrogen (secondary N) is 2. The molecule has 0 atom stereocenters. The van der Waals surface area contributed by atoms with Gasteiger partial charge in [0.05, 0.1) is 39.7 Å². The van der Waals surface area contributed by atoms with E-state index in [0.717, 1.165) is 72.5 Å². The Labute approximate surface area is 395 Å². The summed E-state index contributed by atoms with van der Waals surface area (Å²) in [4.78, 5) is 28.1. The first-order valence-corrected chi connectivity index (χ1v) is 23.3. The van der Waals surface area contributed by atoms with Crippen LogP contribution < -0.4 is 0 Å². The highest BCUT2D eigenvalue weighted by molar-refractivity contribution is 9.08. The van der Waals surface area contributed by atoms with Crippen molar-refractivity contribution >= 4 is 62.3 Å². The molecule has 0 radical (unpaired) electrons. The third kappa shape index (κ3) is 8.21. The molecule has 0 saturated carbocycles. The van der Waals surface area contributed by atoms with Crippen molar-refractivity contribution in [3.8, 4) is 56.8 Å². The van der Waals surface area contributed by atoms with Gasteiger partial charge in [-0.05, 0) is 98.2 Å². The van der Waals surface area contributed by atoms with E-state index in [-0.39, 0.29) is 33.0 Å². The molecule has 0 unspecified atom stereocenters. The van der Waals surface area contributed by atoms with Gasteiger partial charge >= 0.3 is 0 Å². The second-order valence-electron chi connectivity index (χ2n) is 20.1. The van der Waals surface area contributed by atoms with Crippen LogP contribution >= 0.6 is 15.9 Å². The number of nitriles is 2. The van der Waals surface area contributed by atoms with E-state index < -0.39 is 0 Å². The molecule has 2 N–H and O–H groups in total. The van der Waals surface area contributed by atoms with Crippen LogP contribution in [-0.2, 0) is 21.6 Å². The Morgan fingerprint density at radius 3 is 1.20 bits per heavy atom. The number of alkyl halides is 1. The molecule has 0 fully saturated rings. The van der Waals surface area contributed by atoms with Crippen LogP contribution in [0.3, 0.4) is 0 Å². The number of aromatic amines is 2. The molecule has 3 aromatic carbocycles. The normalized spacial score (nSPS) is 12.6. The molecule has 0 aliphatic carbocycles. The Morgan fingerprint density at radius 1 is 0.424 bits per heavy atom. The number of aromatic nitrogens is 6. The minimum absolute atomic E-state index is 0.00401. The summed E-state index contributed by atoms with van der Waals surface area (Å²) in [6, 6.07) is 38.8. The first-order chi connectivity index (χ1) is 31.4. The lowest BCUT2D eigenvalue weighted by Crippen LogP contribution is -2.10. The lowest BCUT2D eigenvalue weighted by molar-refractivity contribution is 0.590. The van der Waals surface area contributed by atoms with Gasteiger partial charge < -0.3 is 9.97 Å². The van der Waals surface area contributed by atoms with Crippen molar-refractivity contribution in [1.82, 2.24) is 29.9 Å². The lowest BCUT2D eigenvalue weighted by atomic mass is 9.85. The summed E-state index contributed by atoms with van der Waals surface area (Å²) in [5.74, 6) is 0. The van der Waals surface area contributed by atoms with Crippen LogP contribution in [0.15, 0.2) is 97.1 Å². The topological polar surface area (TPSA) is 131 Å². The molecule has 0 saturated heterocycles. The zero-order valence-corrected chi connectivity index (χ0v) is 40.4. The molecule has 4 aromatic heterocycles. The average molecular weight is 928 g/mol. The standard InChI is InChI=1S/C57H51BrN8/c1-55(2,3)36-16-10-33(11-17-36)50-41-24-22-39(61-41)40-23-25-46(62-40)53(54-47(30-58)65-48(31-59)49(32-60)66-54)52(35-14-20-38(21-15-35)57(7,8)9)45-29-28-44(64-45)51(43-27-26-42(50)63-43)34-12-18-37(19-13-34)56(4,5)6/h10-29,62-63H,30H2,1-9H3. The maximum Gasteiger partial charge on any atom is 0.177 e. The van der Waals surface area contributed by atoms with Gasteiger partial charge in [-0.1, -0.05) is 151 Å². The highest BCUT2D eigenvalue weighted by Crippen LogP contribution is 2.42. The van der Waals surface area contributed by atoms with Crippen LogP contribution in [0.5, 0.6) is 0 Å². The molecule has 326 valence electrons. The van der Waals surface area contributed by atoms with Crippen LogP contribution in [0.1, 0.15) is 119 Å². The molecular weight excluding hydrogens is 877 g/mol. The number of hydrogen-bond acceptors (Lipinski definition) is 6. The summed E-state index contributed by atoms with van der Waals surface area (Å²) in [5, 5.41) is 20.7. The number of benzene rings is 3. The van der Waals surface area contributed by atoms with Gasteiger partial charge in [0, 0.05) is 44.1 Å². The van der Waals surface area contributed by atoms with Crippen LogP contribution in [0.2, 0.25) is 0 Å². The van der Waals surface area contributed by atoms with Crippen molar-refractivity contribution in [1.29, 1.82) is 10.5 Å². The van der Waals surface area contributed by atoms with Gasteiger partial charge in [-0.3, -0.25) is 0 Å².